The van der Waals surface area contributed by atoms with Gasteiger partial charge in [0.2, 0.25) is 0 Å². The summed E-state index contributed by atoms with van der Waals surface area (Å²) < 4.78 is 0. The van der Waals surface area contributed by atoms with E-state index in [-0.39, 0.29) is 0 Å². The summed E-state index contributed by atoms with van der Waals surface area (Å²) in [6.45, 7) is 12.3. The molecular weight excluding hydrogens is 234 g/mol. The van der Waals surface area contributed by atoms with Crippen molar-refractivity contribution >= 4 is 0 Å². The van der Waals surface area contributed by atoms with Gasteiger partial charge in [-0.3, -0.25) is 4.90 Å². The number of unbranched alkanes of at least 4 members (excludes halogenated alkanes) is 1. The molecule has 0 aromatic carbocycles. The van der Waals surface area contributed by atoms with Crippen LogP contribution in [0.25, 0.3) is 0 Å². The molecule has 2 saturated heterocycles. The van der Waals surface area contributed by atoms with Gasteiger partial charge in [0.1, 0.15) is 0 Å². The van der Waals surface area contributed by atoms with Crippen LogP contribution in [0.5, 0.6) is 0 Å². The van der Waals surface area contributed by atoms with Gasteiger partial charge in [-0.25, -0.2) is 0 Å². The fraction of sp³-hybridized carbons (Fsp3) is 1.00. The van der Waals surface area contributed by atoms with E-state index < -0.39 is 0 Å². The Morgan fingerprint density at radius 3 is 2.84 bits per heavy atom. The van der Waals surface area contributed by atoms with Crippen LogP contribution in [-0.4, -0.2) is 61.2 Å². The third-order valence-corrected chi connectivity index (χ3v) is 4.80. The Kier molecular flexibility index (Phi) is 6.62. The van der Waals surface area contributed by atoms with E-state index in [1.54, 1.807) is 0 Å². The lowest BCUT2D eigenvalue weighted by Crippen LogP contribution is -2.37. The molecule has 0 saturated carbocycles. The molecule has 0 bridgehead atoms. The second kappa shape index (κ2) is 8.23. The predicted octanol–water partition coefficient (Wildman–Crippen LogP) is 2.32. The Labute approximate surface area is 119 Å². The van der Waals surface area contributed by atoms with Crippen molar-refractivity contribution < 1.29 is 0 Å². The third-order valence-electron chi connectivity index (χ3n) is 4.80. The zero-order valence-corrected chi connectivity index (χ0v) is 13.0. The summed E-state index contributed by atoms with van der Waals surface area (Å²) >= 11 is 0. The van der Waals surface area contributed by atoms with Crippen molar-refractivity contribution in [3.05, 3.63) is 0 Å². The van der Waals surface area contributed by atoms with Crippen LogP contribution < -0.4 is 5.32 Å². The molecule has 2 heterocycles. The average molecular weight is 267 g/mol. The van der Waals surface area contributed by atoms with E-state index in [0.717, 1.165) is 12.6 Å². The number of hydrogen-bond acceptors (Lipinski definition) is 3. The van der Waals surface area contributed by atoms with Gasteiger partial charge in [0.15, 0.2) is 0 Å². The monoisotopic (exact) mass is 267 g/mol. The first-order valence-corrected chi connectivity index (χ1v) is 8.49. The van der Waals surface area contributed by atoms with Gasteiger partial charge < -0.3 is 10.2 Å². The Hall–Kier alpha value is -0.120. The molecule has 2 fully saturated rings. The van der Waals surface area contributed by atoms with Gasteiger partial charge in [-0.2, -0.15) is 0 Å². The van der Waals surface area contributed by atoms with E-state index in [2.05, 4.69) is 29.0 Å². The largest absolute Gasteiger partial charge is 0.315 e. The molecule has 0 aromatic heterocycles. The Morgan fingerprint density at radius 1 is 1.16 bits per heavy atom. The summed E-state index contributed by atoms with van der Waals surface area (Å²) in [5.41, 5.74) is 0. The lowest BCUT2D eigenvalue weighted by Gasteiger charge is -2.25. The molecule has 0 aromatic rings. The molecule has 0 spiro atoms. The normalized spacial score (nSPS) is 27.2. The fourth-order valence-electron chi connectivity index (χ4n) is 3.72. The van der Waals surface area contributed by atoms with Crippen LogP contribution in [0, 0.1) is 0 Å². The lowest BCUT2D eigenvalue weighted by atomic mass is 10.1. The molecule has 1 N–H and O–H groups in total. The standard InChI is InChI=1S/C16H33N3/c1-3-17-15(2)8-4-5-10-18-11-7-13-19-12-6-9-16(19)14-18/h15-17H,3-14H2,1-2H3. The summed E-state index contributed by atoms with van der Waals surface area (Å²) in [6.07, 6.45) is 8.33. The second-order valence-corrected chi connectivity index (χ2v) is 6.44. The maximum Gasteiger partial charge on any atom is 0.0223 e. The molecule has 3 heteroatoms. The number of fused-ring (bicyclic) bond motifs is 1. The summed E-state index contributed by atoms with van der Waals surface area (Å²) in [6, 6.07) is 1.57. The van der Waals surface area contributed by atoms with E-state index in [4.69, 9.17) is 0 Å². The van der Waals surface area contributed by atoms with Gasteiger partial charge in [-0.05, 0) is 71.8 Å². The van der Waals surface area contributed by atoms with Crippen molar-refractivity contribution in [1.29, 1.82) is 0 Å². The van der Waals surface area contributed by atoms with Gasteiger partial charge in [0.05, 0.1) is 0 Å². The second-order valence-electron chi connectivity index (χ2n) is 6.44. The first kappa shape index (κ1) is 15.3. The molecule has 3 nitrogen and oxygen atoms in total. The van der Waals surface area contributed by atoms with Crippen LogP contribution in [0.3, 0.4) is 0 Å². The van der Waals surface area contributed by atoms with Gasteiger partial charge >= 0.3 is 0 Å². The Morgan fingerprint density at radius 2 is 2.00 bits per heavy atom. The highest BCUT2D eigenvalue weighted by atomic mass is 15.3. The van der Waals surface area contributed by atoms with Crippen LogP contribution in [0.4, 0.5) is 0 Å². The first-order valence-electron chi connectivity index (χ1n) is 8.49. The topological polar surface area (TPSA) is 18.5 Å². The minimum atomic E-state index is 0.694. The van der Waals surface area contributed by atoms with Crippen LogP contribution in [-0.2, 0) is 0 Å². The van der Waals surface area contributed by atoms with Crippen molar-refractivity contribution in [2.75, 3.05) is 39.3 Å². The van der Waals surface area contributed by atoms with Crippen LogP contribution >= 0.6 is 0 Å². The van der Waals surface area contributed by atoms with Crippen molar-refractivity contribution in [3.63, 3.8) is 0 Å². The highest BCUT2D eigenvalue weighted by Crippen LogP contribution is 2.21. The fourth-order valence-corrected chi connectivity index (χ4v) is 3.72. The van der Waals surface area contributed by atoms with Crippen LogP contribution in [0.1, 0.15) is 52.4 Å². The van der Waals surface area contributed by atoms with Crippen molar-refractivity contribution in [1.82, 2.24) is 15.1 Å². The minimum absolute atomic E-state index is 0.694. The quantitative estimate of drug-likeness (QED) is 0.714. The van der Waals surface area contributed by atoms with Crippen molar-refractivity contribution in [2.45, 2.75) is 64.5 Å². The summed E-state index contributed by atoms with van der Waals surface area (Å²) in [5, 5.41) is 3.50. The average Bonchev–Trinajstić information content (AvgIpc) is 2.73. The molecular formula is C16H33N3. The molecule has 2 aliphatic heterocycles. The van der Waals surface area contributed by atoms with Crippen LogP contribution in [0.2, 0.25) is 0 Å². The van der Waals surface area contributed by atoms with E-state index in [9.17, 15) is 0 Å². The van der Waals surface area contributed by atoms with E-state index in [0.29, 0.717) is 6.04 Å². The maximum atomic E-state index is 3.50. The highest BCUT2D eigenvalue weighted by Gasteiger charge is 2.28. The molecule has 19 heavy (non-hydrogen) atoms. The Balaban J connectivity index is 1.60. The number of rotatable bonds is 7. The summed E-state index contributed by atoms with van der Waals surface area (Å²) in [7, 11) is 0. The molecule has 112 valence electrons. The minimum Gasteiger partial charge on any atom is -0.315 e. The molecule has 2 aliphatic rings. The Bertz CT molecular complexity index is 244. The summed E-state index contributed by atoms with van der Waals surface area (Å²) in [4.78, 5) is 5.46. The van der Waals surface area contributed by atoms with Gasteiger partial charge in [0, 0.05) is 18.6 Å². The van der Waals surface area contributed by atoms with Gasteiger partial charge in [0.25, 0.3) is 0 Å². The highest BCUT2D eigenvalue weighted by molar-refractivity contribution is 4.84. The van der Waals surface area contributed by atoms with Crippen molar-refractivity contribution in [2.24, 2.45) is 0 Å². The molecule has 0 aliphatic carbocycles. The maximum absolute atomic E-state index is 3.50. The van der Waals surface area contributed by atoms with E-state index in [1.165, 1.54) is 71.2 Å². The molecule has 2 rings (SSSR count). The lowest BCUT2D eigenvalue weighted by molar-refractivity contribution is 0.217. The SMILES string of the molecule is CCNC(C)CCCCN1CCCN2CCCC2C1. The van der Waals surface area contributed by atoms with Gasteiger partial charge in [-0.1, -0.05) is 13.3 Å². The first-order chi connectivity index (χ1) is 9.29. The van der Waals surface area contributed by atoms with E-state index in [1.807, 2.05) is 0 Å². The zero-order valence-electron chi connectivity index (χ0n) is 13.0. The molecule has 2 unspecified atom stereocenters. The number of nitrogens with zero attached hydrogens (tertiary/aromatic N) is 2. The third kappa shape index (κ3) is 5.05. The molecule has 2 atom stereocenters. The van der Waals surface area contributed by atoms with Crippen molar-refractivity contribution in [3.8, 4) is 0 Å². The van der Waals surface area contributed by atoms with Crippen LogP contribution in [0.15, 0.2) is 0 Å². The zero-order chi connectivity index (χ0) is 13.5. The molecule has 0 amide bonds. The number of nitrogens with one attached hydrogen (secondary N) is 1. The summed E-state index contributed by atoms with van der Waals surface area (Å²) in [5.74, 6) is 0. The smallest absolute Gasteiger partial charge is 0.0223 e. The number of hydrogen-bond donors (Lipinski definition) is 1. The van der Waals surface area contributed by atoms with E-state index >= 15 is 0 Å². The molecule has 0 radical (unpaired) electrons. The van der Waals surface area contributed by atoms with Gasteiger partial charge in [-0.15, -0.1) is 0 Å². The predicted molar refractivity (Wildman–Crippen MR) is 82.6 cm³/mol.